The molecule has 0 amide bonds. The van der Waals surface area contributed by atoms with Gasteiger partial charge in [0.05, 0.1) is 0 Å². The number of hydrogen-bond donors (Lipinski definition) is 0. The minimum atomic E-state index is 0.351. The molecule has 0 aliphatic rings. The third kappa shape index (κ3) is 2.43. The summed E-state index contributed by atoms with van der Waals surface area (Å²) in [7, 11) is 0. The lowest BCUT2D eigenvalue weighted by molar-refractivity contribution is 1.03. The van der Waals surface area contributed by atoms with Gasteiger partial charge in [0.1, 0.15) is 0 Å². The van der Waals surface area contributed by atoms with Crippen LogP contribution in [0.5, 0.6) is 0 Å². The SMILES string of the molecule is Cc1cc(C)c(-c2cc(Cl)nnc2Cl)c(C)c1. The maximum atomic E-state index is 6.08. The zero-order valence-corrected chi connectivity index (χ0v) is 11.4. The van der Waals surface area contributed by atoms with Crippen molar-refractivity contribution in [1.29, 1.82) is 0 Å². The van der Waals surface area contributed by atoms with Gasteiger partial charge in [0, 0.05) is 5.56 Å². The summed E-state index contributed by atoms with van der Waals surface area (Å²) in [6.45, 7) is 6.18. The van der Waals surface area contributed by atoms with Crippen LogP contribution in [-0.2, 0) is 0 Å². The van der Waals surface area contributed by atoms with Crippen LogP contribution < -0.4 is 0 Å². The first-order valence-corrected chi connectivity index (χ1v) is 6.01. The van der Waals surface area contributed by atoms with E-state index in [1.165, 1.54) is 5.56 Å². The van der Waals surface area contributed by atoms with E-state index in [4.69, 9.17) is 23.2 Å². The molecule has 1 heterocycles. The van der Waals surface area contributed by atoms with Crippen molar-refractivity contribution in [2.45, 2.75) is 20.8 Å². The Labute approximate surface area is 111 Å². The Bertz CT molecular complexity index is 557. The quantitative estimate of drug-likeness (QED) is 0.766. The summed E-state index contributed by atoms with van der Waals surface area (Å²) in [5.41, 5.74) is 5.47. The lowest BCUT2D eigenvalue weighted by Crippen LogP contribution is -1.94. The predicted molar refractivity (Wildman–Crippen MR) is 71.7 cm³/mol. The molecule has 1 aromatic carbocycles. The van der Waals surface area contributed by atoms with E-state index in [0.29, 0.717) is 10.3 Å². The number of nitrogens with zero attached hydrogens (tertiary/aromatic N) is 2. The molecule has 0 fully saturated rings. The van der Waals surface area contributed by atoms with E-state index in [2.05, 4.69) is 43.1 Å². The third-order valence-electron chi connectivity index (χ3n) is 2.67. The van der Waals surface area contributed by atoms with Gasteiger partial charge < -0.3 is 0 Å². The fraction of sp³-hybridized carbons (Fsp3) is 0.231. The van der Waals surface area contributed by atoms with Crippen molar-refractivity contribution in [1.82, 2.24) is 10.2 Å². The van der Waals surface area contributed by atoms with Crippen molar-refractivity contribution >= 4 is 23.2 Å². The van der Waals surface area contributed by atoms with Crippen molar-refractivity contribution in [2.24, 2.45) is 0 Å². The van der Waals surface area contributed by atoms with Gasteiger partial charge in [-0.2, -0.15) is 0 Å². The lowest BCUT2D eigenvalue weighted by Gasteiger charge is -2.12. The molecule has 0 spiro atoms. The van der Waals surface area contributed by atoms with Crippen molar-refractivity contribution in [3.05, 3.63) is 45.2 Å². The molecular formula is C13H12Cl2N2. The van der Waals surface area contributed by atoms with Gasteiger partial charge in [-0.1, -0.05) is 40.9 Å². The normalized spacial score (nSPS) is 10.6. The molecule has 0 bridgehead atoms. The fourth-order valence-corrected chi connectivity index (χ4v) is 2.47. The zero-order valence-electron chi connectivity index (χ0n) is 9.88. The number of halogens is 2. The molecule has 0 unspecified atom stereocenters. The molecule has 0 aliphatic carbocycles. The molecule has 2 rings (SSSR count). The van der Waals surface area contributed by atoms with Crippen LogP contribution in [0.15, 0.2) is 18.2 Å². The molecule has 2 aromatic rings. The second kappa shape index (κ2) is 4.63. The Morgan fingerprint density at radius 1 is 0.882 bits per heavy atom. The van der Waals surface area contributed by atoms with Gasteiger partial charge >= 0.3 is 0 Å². The molecule has 1 aromatic heterocycles. The van der Waals surface area contributed by atoms with Crippen LogP contribution in [0.3, 0.4) is 0 Å². The Morgan fingerprint density at radius 3 is 2.06 bits per heavy atom. The zero-order chi connectivity index (χ0) is 12.6. The number of rotatable bonds is 1. The van der Waals surface area contributed by atoms with Gasteiger partial charge in [0.15, 0.2) is 10.3 Å². The molecule has 0 radical (unpaired) electrons. The fourth-order valence-electron chi connectivity index (χ4n) is 2.13. The highest BCUT2D eigenvalue weighted by Crippen LogP contribution is 2.33. The van der Waals surface area contributed by atoms with Crippen LogP contribution in [0.2, 0.25) is 10.3 Å². The van der Waals surface area contributed by atoms with E-state index in [-0.39, 0.29) is 0 Å². The van der Waals surface area contributed by atoms with E-state index < -0.39 is 0 Å². The Balaban J connectivity index is 2.72. The van der Waals surface area contributed by atoms with Gasteiger partial charge in [-0.15, -0.1) is 10.2 Å². The summed E-state index contributed by atoms with van der Waals surface area (Å²) < 4.78 is 0. The summed E-state index contributed by atoms with van der Waals surface area (Å²) in [5.74, 6) is 0. The van der Waals surface area contributed by atoms with Crippen LogP contribution in [0.1, 0.15) is 16.7 Å². The van der Waals surface area contributed by atoms with Crippen LogP contribution in [0.25, 0.3) is 11.1 Å². The molecule has 17 heavy (non-hydrogen) atoms. The monoisotopic (exact) mass is 266 g/mol. The highest BCUT2D eigenvalue weighted by Gasteiger charge is 2.12. The van der Waals surface area contributed by atoms with E-state index in [1.807, 2.05) is 0 Å². The Morgan fingerprint density at radius 2 is 1.47 bits per heavy atom. The van der Waals surface area contributed by atoms with Crippen LogP contribution in [-0.4, -0.2) is 10.2 Å². The molecule has 0 atom stereocenters. The first-order chi connectivity index (χ1) is 7.99. The second-order valence-corrected chi connectivity index (χ2v) is 4.89. The van der Waals surface area contributed by atoms with Crippen molar-refractivity contribution < 1.29 is 0 Å². The van der Waals surface area contributed by atoms with E-state index in [1.54, 1.807) is 6.07 Å². The van der Waals surface area contributed by atoms with E-state index in [9.17, 15) is 0 Å². The summed E-state index contributed by atoms with van der Waals surface area (Å²) in [5, 5.41) is 8.30. The molecule has 0 saturated heterocycles. The molecular weight excluding hydrogens is 255 g/mol. The average Bonchev–Trinajstić information content (AvgIpc) is 2.21. The predicted octanol–water partition coefficient (Wildman–Crippen LogP) is 4.38. The van der Waals surface area contributed by atoms with E-state index in [0.717, 1.165) is 22.3 Å². The average molecular weight is 267 g/mol. The highest BCUT2D eigenvalue weighted by atomic mass is 35.5. The summed E-state index contributed by atoms with van der Waals surface area (Å²) >= 11 is 12.0. The van der Waals surface area contributed by atoms with Crippen molar-refractivity contribution in [3.8, 4) is 11.1 Å². The largest absolute Gasteiger partial charge is 0.159 e. The maximum Gasteiger partial charge on any atom is 0.159 e. The van der Waals surface area contributed by atoms with Crippen molar-refractivity contribution in [2.75, 3.05) is 0 Å². The molecule has 0 N–H and O–H groups in total. The van der Waals surface area contributed by atoms with Crippen LogP contribution >= 0.6 is 23.2 Å². The number of benzene rings is 1. The van der Waals surface area contributed by atoms with Gasteiger partial charge in [-0.3, -0.25) is 0 Å². The van der Waals surface area contributed by atoms with Crippen LogP contribution in [0, 0.1) is 20.8 Å². The topological polar surface area (TPSA) is 25.8 Å². The minimum absolute atomic E-state index is 0.351. The van der Waals surface area contributed by atoms with Gasteiger partial charge in [-0.05, 0) is 43.5 Å². The molecule has 0 saturated carbocycles. The van der Waals surface area contributed by atoms with Gasteiger partial charge in [0.25, 0.3) is 0 Å². The number of aromatic nitrogens is 2. The summed E-state index contributed by atoms with van der Waals surface area (Å²) in [4.78, 5) is 0. The first kappa shape index (κ1) is 12.3. The Hall–Kier alpha value is -1.12. The molecule has 0 aliphatic heterocycles. The number of hydrogen-bond acceptors (Lipinski definition) is 2. The highest BCUT2D eigenvalue weighted by molar-refractivity contribution is 6.33. The maximum absolute atomic E-state index is 6.08. The van der Waals surface area contributed by atoms with Crippen LogP contribution in [0.4, 0.5) is 0 Å². The molecule has 88 valence electrons. The summed E-state index contributed by atoms with van der Waals surface area (Å²) in [6, 6.07) is 5.99. The second-order valence-electron chi connectivity index (χ2n) is 4.15. The van der Waals surface area contributed by atoms with Crippen molar-refractivity contribution in [3.63, 3.8) is 0 Å². The lowest BCUT2D eigenvalue weighted by atomic mass is 9.95. The first-order valence-electron chi connectivity index (χ1n) is 5.26. The van der Waals surface area contributed by atoms with Gasteiger partial charge in [-0.25, -0.2) is 0 Å². The number of aryl methyl sites for hydroxylation is 3. The third-order valence-corrected chi connectivity index (χ3v) is 3.13. The summed E-state index contributed by atoms with van der Waals surface area (Å²) in [6.07, 6.45) is 0. The Kier molecular flexibility index (Phi) is 3.36. The molecule has 2 nitrogen and oxygen atoms in total. The minimum Gasteiger partial charge on any atom is -0.137 e. The smallest absolute Gasteiger partial charge is 0.137 e. The van der Waals surface area contributed by atoms with E-state index >= 15 is 0 Å². The molecule has 4 heteroatoms. The van der Waals surface area contributed by atoms with Gasteiger partial charge in [0.2, 0.25) is 0 Å². The standard InChI is InChI=1S/C13H12Cl2N2/c1-7-4-8(2)12(9(3)5-7)10-6-11(14)16-17-13(10)15/h4-6H,1-3H3.